The number of nitriles is 1. The Morgan fingerprint density at radius 1 is 1.14 bits per heavy atom. The van der Waals surface area contributed by atoms with Crippen LogP contribution < -0.4 is 5.32 Å². The summed E-state index contributed by atoms with van der Waals surface area (Å²) in [5, 5.41) is 13.1. The van der Waals surface area contributed by atoms with Gasteiger partial charge in [-0.15, -0.1) is 0 Å². The van der Waals surface area contributed by atoms with Crippen molar-refractivity contribution in [3.8, 4) is 17.2 Å². The molecule has 2 aliphatic rings. The zero-order valence-corrected chi connectivity index (χ0v) is 15.5. The second kappa shape index (κ2) is 7.01. The summed E-state index contributed by atoms with van der Waals surface area (Å²) in [5.41, 5.74) is 6.70. The average Bonchev–Trinajstić information content (AvgIpc) is 3.38. The molecule has 0 aliphatic heterocycles. The molecule has 1 fully saturated rings. The van der Waals surface area contributed by atoms with E-state index >= 15 is 0 Å². The average molecular weight is 382 g/mol. The Morgan fingerprint density at radius 2 is 1.82 bits per heavy atom. The van der Waals surface area contributed by atoms with E-state index in [-0.39, 0.29) is 5.56 Å². The molecule has 0 radical (unpaired) electrons. The molecule has 0 unspecified atom stereocenters. The summed E-state index contributed by atoms with van der Waals surface area (Å²) in [6, 6.07) is 10.9. The Hall–Kier alpha value is -2.74. The standard InChI is InChI=1S/C23H21F3N2/c1-14(16-9-10-16)28-22-11-20(18-3-2-4-19(18)21(22)13-27)17-7-5-15(6-8-17)12-23(24,25)26/h5-8,11,16,28H,1-4,9-10,12H2. The van der Waals surface area contributed by atoms with Gasteiger partial charge in [0.2, 0.25) is 0 Å². The number of nitrogens with zero attached hydrogens (tertiary/aromatic N) is 1. The molecule has 0 atom stereocenters. The SMILES string of the molecule is C=C(Nc1cc(-c2ccc(CC(F)(F)F)cc2)c2c(c1C#N)CCC2)C1CC1. The minimum absolute atomic E-state index is 0.252. The summed E-state index contributed by atoms with van der Waals surface area (Å²) in [6.07, 6.45) is -0.185. The molecular weight excluding hydrogens is 361 g/mol. The van der Waals surface area contributed by atoms with Gasteiger partial charge in [-0.2, -0.15) is 18.4 Å². The van der Waals surface area contributed by atoms with Crippen LogP contribution in [0.3, 0.4) is 0 Å². The van der Waals surface area contributed by atoms with Gasteiger partial charge in [0.25, 0.3) is 0 Å². The van der Waals surface area contributed by atoms with Gasteiger partial charge < -0.3 is 5.32 Å². The zero-order valence-electron chi connectivity index (χ0n) is 15.5. The normalized spacial score (nSPS) is 15.8. The van der Waals surface area contributed by atoms with Gasteiger partial charge in [0.05, 0.1) is 17.7 Å². The molecule has 4 rings (SSSR count). The van der Waals surface area contributed by atoms with Crippen LogP contribution in [-0.2, 0) is 19.3 Å². The summed E-state index contributed by atoms with van der Waals surface area (Å²) in [7, 11) is 0. The molecule has 0 spiro atoms. The molecule has 2 aliphatic carbocycles. The lowest BCUT2D eigenvalue weighted by molar-refractivity contribution is -0.127. The van der Waals surface area contributed by atoms with Crippen LogP contribution in [0.25, 0.3) is 11.1 Å². The monoisotopic (exact) mass is 382 g/mol. The van der Waals surface area contributed by atoms with Crippen molar-refractivity contribution in [2.45, 2.75) is 44.7 Å². The lowest BCUT2D eigenvalue weighted by Gasteiger charge is -2.17. The first-order valence-corrected chi connectivity index (χ1v) is 9.56. The minimum atomic E-state index is -4.21. The van der Waals surface area contributed by atoms with Gasteiger partial charge in [-0.1, -0.05) is 30.8 Å². The molecule has 0 heterocycles. The van der Waals surface area contributed by atoms with Gasteiger partial charge in [-0.25, -0.2) is 0 Å². The van der Waals surface area contributed by atoms with Crippen molar-refractivity contribution < 1.29 is 13.2 Å². The minimum Gasteiger partial charge on any atom is -0.358 e. The van der Waals surface area contributed by atoms with E-state index < -0.39 is 12.6 Å². The van der Waals surface area contributed by atoms with Crippen LogP contribution in [0.5, 0.6) is 0 Å². The second-order valence-electron chi connectivity index (χ2n) is 7.68. The fourth-order valence-corrected chi connectivity index (χ4v) is 4.01. The Bertz CT molecular complexity index is 961. The third-order valence-corrected chi connectivity index (χ3v) is 5.55. The molecule has 2 aromatic carbocycles. The van der Waals surface area contributed by atoms with Gasteiger partial charge in [-0.3, -0.25) is 0 Å². The predicted octanol–water partition coefficient (Wildman–Crippen LogP) is 6.15. The van der Waals surface area contributed by atoms with Crippen molar-refractivity contribution in [2.24, 2.45) is 5.92 Å². The molecule has 2 aromatic rings. The van der Waals surface area contributed by atoms with Gasteiger partial charge in [-0.05, 0) is 71.9 Å². The van der Waals surface area contributed by atoms with Crippen LogP contribution in [0.4, 0.5) is 18.9 Å². The molecule has 1 saturated carbocycles. The number of allylic oxidation sites excluding steroid dienone is 1. The van der Waals surface area contributed by atoms with Gasteiger partial charge in [0.15, 0.2) is 0 Å². The number of hydrogen-bond acceptors (Lipinski definition) is 2. The maximum absolute atomic E-state index is 12.6. The number of halogens is 3. The van der Waals surface area contributed by atoms with E-state index in [1.807, 2.05) is 6.07 Å². The van der Waals surface area contributed by atoms with Crippen molar-refractivity contribution in [2.75, 3.05) is 5.32 Å². The van der Waals surface area contributed by atoms with Crippen molar-refractivity contribution in [1.29, 1.82) is 5.26 Å². The predicted molar refractivity (Wildman–Crippen MR) is 104 cm³/mol. The number of alkyl halides is 3. The van der Waals surface area contributed by atoms with Crippen LogP contribution in [0.1, 0.15) is 41.5 Å². The number of anilines is 1. The van der Waals surface area contributed by atoms with Crippen molar-refractivity contribution in [3.63, 3.8) is 0 Å². The van der Waals surface area contributed by atoms with E-state index in [9.17, 15) is 18.4 Å². The lowest BCUT2D eigenvalue weighted by atomic mass is 9.91. The largest absolute Gasteiger partial charge is 0.393 e. The molecule has 28 heavy (non-hydrogen) atoms. The van der Waals surface area contributed by atoms with E-state index in [1.165, 1.54) is 0 Å². The summed E-state index contributed by atoms with van der Waals surface area (Å²) in [6.45, 7) is 4.10. The quantitative estimate of drug-likeness (QED) is 0.673. The van der Waals surface area contributed by atoms with Crippen LogP contribution in [-0.4, -0.2) is 6.18 Å². The fraction of sp³-hybridized carbons (Fsp3) is 0.348. The van der Waals surface area contributed by atoms with Crippen molar-refractivity contribution in [1.82, 2.24) is 0 Å². The van der Waals surface area contributed by atoms with E-state index in [0.29, 0.717) is 11.5 Å². The maximum Gasteiger partial charge on any atom is 0.393 e. The maximum atomic E-state index is 12.6. The van der Waals surface area contributed by atoms with E-state index in [4.69, 9.17) is 0 Å². The third-order valence-electron chi connectivity index (χ3n) is 5.55. The first kappa shape index (κ1) is 18.6. The third kappa shape index (κ3) is 3.77. The molecule has 0 aromatic heterocycles. The molecular formula is C23H21F3N2. The molecule has 1 N–H and O–H groups in total. The summed E-state index contributed by atoms with van der Waals surface area (Å²) < 4.78 is 37.9. The Morgan fingerprint density at radius 3 is 2.43 bits per heavy atom. The molecule has 144 valence electrons. The topological polar surface area (TPSA) is 35.8 Å². The zero-order chi connectivity index (χ0) is 19.9. The van der Waals surface area contributed by atoms with Crippen LogP contribution in [0, 0.1) is 17.2 Å². The Kier molecular flexibility index (Phi) is 4.66. The molecule has 0 saturated heterocycles. The molecule has 2 nitrogen and oxygen atoms in total. The number of nitrogens with one attached hydrogen (secondary N) is 1. The lowest BCUT2D eigenvalue weighted by Crippen LogP contribution is -2.11. The van der Waals surface area contributed by atoms with E-state index in [1.54, 1.807) is 24.3 Å². The highest BCUT2D eigenvalue weighted by molar-refractivity contribution is 5.79. The number of fused-ring (bicyclic) bond motifs is 1. The molecule has 0 amide bonds. The van der Waals surface area contributed by atoms with Crippen LogP contribution in [0.2, 0.25) is 0 Å². The number of benzene rings is 2. The van der Waals surface area contributed by atoms with Gasteiger partial charge in [0, 0.05) is 5.70 Å². The molecule has 0 bridgehead atoms. The number of rotatable bonds is 5. The van der Waals surface area contributed by atoms with E-state index in [2.05, 4.69) is 18.0 Å². The first-order valence-electron chi connectivity index (χ1n) is 9.56. The van der Waals surface area contributed by atoms with Gasteiger partial charge >= 0.3 is 6.18 Å². The number of hydrogen-bond donors (Lipinski definition) is 1. The first-order chi connectivity index (χ1) is 13.4. The van der Waals surface area contributed by atoms with Gasteiger partial charge in [0.1, 0.15) is 6.07 Å². The summed E-state index contributed by atoms with van der Waals surface area (Å²) in [4.78, 5) is 0. The highest BCUT2D eigenvalue weighted by atomic mass is 19.4. The second-order valence-corrected chi connectivity index (χ2v) is 7.68. The van der Waals surface area contributed by atoms with Crippen molar-refractivity contribution in [3.05, 3.63) is 64.9 Å². The van der Waals surface area contributed by atoms with Crippen LogP contribution >= 0.6 is 0 Å². The van der Waals surface area contributed by atoms with Crippen LogP contribution in [0.15, 0.2) is 42.6 Å². The molecule has 5 heteroatoms. The smallest absolute Gasteiger partial charge is 0.358 e. The Balaban J connectivity index is 1.73. The summed E-state index contributed by atoms with van der Waals surface area (Å²) in [5.74, 6) is 0.463. The van der Waals surface area contributed by atoms with Crippen molar-refractivity contribution >= 4 is 5.69 Å². The summed E-state index contributed by atoms with van der Waals surface area (Å²) >= 11 is 0. The highest BCUT2D eigenvalue weighted by Crippen LogP contribution is 2.41. The fourth-order valence-electron chi connectivity index (χ4n) is 4.01. The highest BCUT2D eigenvalue weighted by Gasteiger charge is 2.29. The van der Waals surface area contributed by atoms with E-state index in [0.717, 1.165) is 65.7 Å². The Labute approximate surface area is 162 Å².